The van der Waals surface area contributed by atoms with E-state index in [0.717, 1.165) is 0 Å². The molecule has 1 saturated heterocycles. The van der Waals surface area contributed by atoms with Crippen LogP contribution in [0.25, 0.3) is 0 Å². The summed E-state index contributed by atoms with van der Waals surface area (Å²) in [6.07, 6.45) is -5.53. The standard InChI is InChI=1S/C10H13ClN4O5/c11-5-1-2-6(13-12-5)14-15-10-9(19)8(18)7(17)4(3-16)20-10/h1-2,4,7-9,16-19H,3H2,(H,13,14)/b15-10-/t4-,7-,8+,9+/m1/s1. The summed E-state index contributed by atoms with van der Waals surface area (Å²) in [5, 5.41) is 49.0. The Balaban J connectivity index is 2.10. The average molecular weight is 305 g/mol. The van der Waals surface area contributed by atoms with Crippen LogP contribution in [0.3, 0.4) is 0 Å². The summed E-state index contributed by atoms with van der Waals surface area (Å²) in [5.74, 6) is -0.0440. The number of ether oxygens (including phenoxy) is 1. The third kappa shape index (κ3) is 3.14. The Labute approximate surface area is 118 Å². The Kier molecular flexibility index (Phi) is 4.68. The summed E-state index contributed by atoms with van der Waals surface area (Å²) in [6, 6.07) is 2.97. The Bertz CT molecular complexity index is 483. The molecular weight excluding hydrogens is 292 g/mol. The van der Waals surface area contributed by atoms with Crippen LogP contribution in [0.4, 0.5) is 5.82 Å². The van der Waals surface area contributed by atoms with Gasteiger partial charge >= 0.3 is 0 Å². The third-order valence-electron chi connectivity index (χ3n) is 2.67. The topological polar surface area (TPSA) is 140 Å². The normalized spacial score (nSPS) is 31.9. The summed E-state index contributed by atoms with van der Waals surface area (Å²) in [4.78, 5) is 0. The van der Waals surface area contributed by atoms with Gasteiger partial charge in [-0.15, -0.1) is 15.3 Å². The van der Waals surface area contributed by atoms with Crippen LogP contribution in [0, 0.1) is 0 Å². The SMILES string of the molecule is OC[C@H]1O/C(=N\Nc2ccc(Cl)nn2)[C@@H](O)[C@@H](O)[C@@H]1O. The van der Waals surface area contributed by atoms with Crippen molar-refractivity contribution in [3.8, 4) is 0 Å². The molecule has 2 heterocycles. The molecule has 0 aliphatic carbocycles. The number of hydrogen-bond donors (Lipinski definition) is 5. The van der Waals surface area contributed by atoms with E-state index >= 15 is 0 Å². The van der Waals surface area contributed by atoms with Crippen LogP contribution in [0.15, 0.2) is 17.2 Å². The van der Waals surface area contributed by atoms with Gasteiger partial charge in [-0.2, -0.15) is 0 Å². The van der Waals surface area contributed by atoms with Crippen molar-refractivity contribution in [3.63, 3.8) is 0 Å². The van der Waals surface area contributed by atoms with E-state index in [4.69, 9.17) is 21.4 Å². The van der Waals surface area contributed by atoms with Crippen LogP contribution in [-0.2, 0) is 4.74 Å². The maximum absolute atomic E-state index is 9.70. The van der Waals surface area contributed by atoms with Gasteiger partial charge in [0.2, 0.25) is 5.90 Å². The highest BCUT2D eigenvalue weighted by atomic mass is 35.5. The van der Waals surface area contributed by atoms with Crippen LogP contribution < -0.4 is 5.43 Å². The molecule has 0 bridgehead atoms. The molecule has 10 heteroatoms. The van der Waals surface area contributed by atoms with Gasteiger partial charge in [0.05, 0.1) is 6.61 Å². The number of hydrogen-bond acceptors (Lipinski definition) is 9. The fraction of sp³-hybridized carbons (Fsp3) is 0.500. The molecule has 0 aromatic carbocycles. The van der Waals surface area contributed by atoms with E-state index in [-0.39, 0.29) is 16.9 Å². The Hall–Kier alpha value is -1.52. The van der Waals surface area contributed by atoms with Crippen molar-refractivity contribution < 1.29 is 25.2 Å². The highest BCUT2D eigenvalue weighted by molar-refractivity contribution is 6.29. The average Bonchev–Trinajstić information content (AvgIpc) is 2.46. The Morgan fingerprint density at radius 3 is 2.60 bits per heavy atom. The molecule has 1 aromatic heterocycles. The lowest BCUT2D eigenvalue weighted by molar-refractivity contribution is -0.128. The summed E-state index contributed by atoms with van der Waals surface area (Å²) in [7, 11) is 0. The Morgan fingerprint density at radius 2 is 2.00 bits per heavy atom. The van der Waals surface area contributed by atoms with Crippen molar-refractivity contribution in [2.24, 2.45) is 5.10 Å². The lowest BCUT2D eigenvalue weighted by atomic mass is 10.00. The molecule has 1 aromatic rings. The first-order chi connectivity index (χ1) is 9.52. The zero-order valence-electron chi connectivity index (χ0n) is 10.1. The number of anilines is 1. The van der Waals surface area contributed by atoms with Gasteiger partial charge in [0.15, 0.2) is 23.2 Å². The molecule has 0 saturated carbocycles. The minimum atomic E-state index is -1.53. The summed E-state index contributed by atoms with van der Waals surface area (Å²) >= 11 is 5.57. The minimum Gasteiger partial charge on any atom is -0.469 e. The number of hydrazone groups is 1. The third-order valence-corrected chi connectivity index (χ3v) is 2.87. The van der Waals surface area contributed by atoms with Crippen LogP contribution in [0.1, 0.15) is 0 Å². The zero-order valence-corrected chi connectivity index (χ0v) is 10.8. The molecule has 1 aliphatic heterocycles. The molecule has 20 heavy (non-hydrogen) atoms. The number of rotatable bonds is 3. The van der Waals surface area contributed by atoms with Gasteiger partial charge in [-0.1, -0.05) is 11.6 Å². The predicted molar refractivity (Wildman–Crippen MR) is 68.1 cm³/mol. The minimum absolute atomic E-state index is 0.205. The van der Waals surface area contributed by atoms with E-state index in [9.17, 15) is 15.3 Å². The maximum atomic E-state index is 9.70. The van der Waals surface area contributed by atoms with Crippen LogP contribution in [0.5, 0.6) is 0 Å². The molecular formula is C10H13ClN4O5. The quantitative estimate of drug-likeness (QED) is 0.417. The fourth-order valence-electron chi connectivity index (χ4n) is 1.57. The number of halogens is 1. The largest absolute Gasteiger partial charge is 0.469 e. The van der Waals surface area contributed by atoms with Crippen LogP contribution in [-0.4, -0.2) is 67.5 Å². The van der Waals surface area contributed by atoms with Crippen LogP contribution in [0.2, 0.25) is 5.15 Å². The molecule has 0 spiro atoms. The highest BCUT2D eigenvalue weighted by Crippen LogP contribution is 2.18. The van der Waals surface area contributed by atoms with Crippen molar-refractivity contribution in [1.29, 1.82) is 0 Å². The lowest BCUT2D eigenvalue weighted by Crippen LogP contribution is -2.56. The van der Waals surface area contributed by atoms with Crippen molar-refractivity contribution in [1.82, 2.24) is 10.2 Å². The van der Waals surface area contributed by atoms with E-state index in [1.807, 2.05) is 0 Å². The van der Waals surface area contributed by atoms with Gasteiger partial charge in [-0.05, 0) is 12.1 Å². The number of aliphatic hydroxyl groups is 4. The van der Waals surface area contributed by atoms with Gasteiger partial charge in [-0.3, -0.25) is 5.43 Å². The second-order valence-corrected chi connectivity index (χ2v) is 4.46. The predicted octanol–water partition coefficient (Wildman–Crippen LogP) is -1.67. The van der Waals surface area contributed by atoms with Crippen molar-refractivity contribution in [3.05, 3.63) is 17.3 Å². The highest BCUT2D eigenvalue weighted by Gasteiger charge is 2.42. The van der Waals surface area contributed by atoms with E-state index in [1.54, 1.807) is 0 Å². The van der Waals surface area contributed by atoms with E-state index in [1.165, 1.54) is 12.1 Å². The van der Waals surface area contributed by atoms with Crippen molar-refractivity contribution in [2.75, 3.05) is 12.0 Å². The molecule has 0 radical (unpaired) electrons. The molecule has 4 atom stereocenters. The van der Waals surface area contributed by atoms with Gasteiger partial charge in [0.1, 0.15) is 12.2 Å². The van der Waals surface area contributed by atoms with Gasteiger partial charge in [0, 0.05) is 0 Å². The monoisotopic (exact) mass is 304 g/mol. The number of aromatic nitrogens is 2. The number of aliphatic hydroxyl groups excluding tert-OH is 4. The lowest BCUT2D eigenvalue weighted by Gasteiger charge is -2.35. The second-order valence-electron chi connectivity index (χ2n) is 4.07. The summed E-state index contributed by atoms with van der Waals surface area (Å²) in [6.45, 7) is -0.537. The van der Waals surface area contributed by atoms with Crippen molar-refractivity contribution in [2.45, 2.75) is 24.4 Å². The van der Waals surface area contributed by atoms with Crippen LogP contribution >= 0.6 is 11.6 Å². The molecule has 9 nitrogen and oxygen atoms in total. The molecule has 0 unspecified atom stereocenters. The first-order valence-corrected chi connectivity index (χ1v) is 6.05. The molecule has 110 valence electrons. The van der Waals surface area contributed by atoms with E-state index in [0.29, 0.717) is 0 Å². The first kappa shape index (κ1) is 14.9. The molecule has 2 rings (SSSR count). The fourth-order valence-corrected chi connectivity index (χ4v) is 1.67. The smallest absolute Gasteiger partial charge is 0.238 e. The molecule has 1 fully saturated rings. The first-order valence-electron chi connectivity index (χ1n) is 5.67. The van der Waals surface area contributed by atoms with Gasteiger partial charge < -0.3 is 25.2 Å². The maximum Gasteiger partial charge on any atom is 0.238 e. The Morgan fingerprint density at radius 1 is 1.25 bits per heavy atom. The molecule has 1 aliphatic rings. The zero-order chi connectivity index (χ0) is 14.7. The molecule has 5 N–H and O–H groups in total. The summed E-state index contributed by atoms with van der Waals surface area (Å²) < 4.78 is 5.08. The van der Waals surface area contributed by atoms with E-state index < -0.39 is 31.0 Å². The second kappa shape index (κ2) is 6.29. The van der Waals surface area contributed by atoms with E-state index in [2.05, 4.69) is 20.7 Å². The number of nitrogens with one attached hydrogen (secondary N) is 1. The van der Waals surface area contributed by atoms with Gasteiger partial charge in [-0.25, -0.2) is 0 Å². The van der Waals surface area contributed by atoms with Crippen molar-refractivity contribution >= 4 is 23.3 Å². The summed E-state index contributed by atoms with van der Waals surface area (Å²) in [5.41, 5.74) is 2.45. The number of nitrogens with zero attached hydrogens (tertiary/aromatic N) is 3. The molecule has 0 amide bonds. The van der Waals surface area contributed by atoms with Gasteiger partial charge in [0.25, 0.3) is 0 Å².